The molecule has 2 rings (SSSR count). The minimum absolute atomic E-state index is 0.0609. The molecule has 0 aliphatic carbocycles. The van der Waals surface area contributed by atoms with Gasteiger partial charge in [0, 0.05) is 12.0 Å². The number of hydrogen-bond donors (Lipinski definition) is 2. The first-order chi connectivity index (χ1) is 11.6. The van der Waals surface area contributed by atoms with Crippen molar-refractivity contribution in [2.75, 3.05) is 6.61 Å². The maximum Gasteiger partial charge on any atom is 0.306 e. The number of aliphatic carboxylic acids is 2. The topological polar surface area (TPSA) is 83.8 Å². The molecule has 0 atom stereocenters. The van der Waals surface area contributed by atoms with Crippen molar-refractivity contribution in [1.82, 2.24) is 0 Å². The minimum Gasteiger partial charge on any atom is -0.492 e. The molecule has 5 heteroatoms. The van der Waals surface area contributed by atoms with Gasteiger partial charge in [-0.3, -0.25) is 9.59 Å². The maximum absolute atomic E-state index is 10.6. The smallest absolute Gasteiger partial charge is 0.306 e. The van der Waals surface area contributed by atoms with Gasteiger partial charge in [0.1, 0.15) is 5.75 Å². The van der Waals surface area contributed by atoms with E-state index in [2.05, 4.69) is 0 Å². The van der Waals surface area contributed by atoms with Crippen LogP contribution in [0.2, 0.25) is 0 Å². The quantitative estimate of drug-likeness (QED) is 0.734. The van der Waals surface area contributed by atoms with E-state index >= 15 is 0 Å². The first kappa shape index (κ1) is 17.5. The van der Waals surface area contributed by atoms with Crippen LogP contribution >= 0.6 is 0 Å². The van der Waals surface area contributed by atoms with Crippen LogP contribution in [0.15, 0.2) is 48.5 Å². The van der Waals surface area contributed by atoms with Crippen molar-refractivity contribution in [3.8, 4) is 16.9 Å². The molecule has 0 saturated heterocycles. The van der Waals surface area contributed by atoms with Gasteiger partial charge in [0.2, 0.25) is 0 Å². The highest BCUT2D eigenvalue weighted by Gasteiger charge is 2.09. The summed E-state index contributed by atoms with van der Waals surface area (Å²) in [4.78, 5) is 21.3. The first-order valence-electron chi connectivity index (χ1n) is 7.81. The Morgan fingerprint density at radius 2 is 1.62 bits per heavy atom. The molecule has 2 N–H and O–H groups in total. The fourth-order valence-corrected chi connectivity index (χ4v) is 2.39. The van der Waals surface area contributed by atoms with E-state index in [-0.39, 0.29) is 19.4 Å². The van der Waals surface area contributed by atoms with Gasteiger partial charge in [0.15, 0.2) is 0 Å². The maximum atomic E-state index is 10.6. The number of benzene rings is 2. The fraction of sp³-hybridized carbons (Fsp3) is 0.263. The van der Waals surface area contributed by atoms with Gasteiger partial charge in [0.05, 0.1) is 13.0 Å². The SMILES string of the molecule is O=C(O)CCCc1ccc(OCCC(=O)O)c(-c2ccccc2)c1. The predicted octanol–water partition coefficient (Wildman–Crippen LogP) is 3.61. The molecule has 5 nitrogen and oxygen atoms in total. The normalized spacial score (nSPS) is 10.3. The summed E-state index contributed by atoms with van der Waals surface area (Å²) in [6.45, 7) is 0.105. The summed E-state index contributed by atoms with van der Waals surface area (Å²) in [6, 6.07) is 15.4. The largest absolute Gasteiger partial charge is 0.492 e. The third-order valence-corrected chi connectivity index (χ3v) is 3.56. The second kappa shape index (κ2) is 8.72. The highest BCUT2D eigenvalue weighted by Crippen LogP contribution is 2.31. The molecule has 0 spiro atoms. The van der Waals surface area contributed by atoms with Crippen LogP contribution in [0.3, 0.4) is 0 Å². The fourth-order valence-electron chi connectivity index (χ4n) is 2.39. The Balaban J connectivity index is 2.19. The molecule has 2 aromatic carbocycles. The van der Waals surface area contributed by atoms with Gasteiger partial charge < -0.3 is 14.9 Å². The Labute approximate surface area is 140 Å². The molecule has 0 aromatic heterocycles. The van der Waals surface area contributed by atoms with E-state index in [0.717, 1.165) is 16.7 Å². The molecule has 0 unspecified atom stereocenters. The van der Waals surface area contributed by atoms with E-state index in [4.69, 9.17) is 14.9 Å². The number of carboxylic acid groups (broad SMARTS) is 2. The van der Waals surface area contributed by atoms with Crippen LogP contribution in [-0.4, -0.2) is 28.8 Å². The Hall–Kier alpha value is -2.82. The van der Waals surface area contributed by atoms with E-state index in [0.29, 0.717) is 18.6 Å². The highest BCUT2D eigenvalue weighted by atomic mass is 16.5. The third-order valence-electron chi connectivity index (χ3n) is 3.56. The van der Waals surface area contributed by atoms with Crippen LogP contribution in [0.1, 0.15) is 24.8 Å². The van der Waals surface area contributed by atoms with Crippen LogP contribution in [0.4, 0.5) is 0 Å². The monoisotopic (exact) mass is 328 g/mol. The summed E-state index contributed by atoms with van der Waals surface area (Å²) >= 11 is 0. The molecule has 0 bridgehead atoms. The van der Waals surface area contributed by atoms with Crippen molar-refractivity contribution in [3.05, 3.63) is 54.1 Å². The van der Waals surface area contributed by atoms with E-state index < -0.39 is 11.9 Å². The van der Waals surface area contributed by atoms with Gasteiger partial charge in [-0.25, -0.2) is 0 Å². The number of carbonyl (C=O) groups is 2. The second-order valence-electron chi connectivity index (χ2n) is 5.44. The lowest BCUT2D eigenvalue weighted by atomic mass is 9.99. The lowest BCUT2D eigenvalue weighted by Gasteiger charge is -2.13. The van der Waals surface area contributed by atoms with Gasteiger partial charge in [0.25, 0.3) is 0 Å². The van der Waals surface area contributed by atoms with Crippen LogP contribution in [0, 0.1) is 0 Å². The van der Waals surface area contributed by atoms with Gasteiger partial charge in [-0.1, -0.05) is 36.4 Å². The minimum atomic E-state index is -0.901. The van der Waals surface area contributed by atoms with Gasteiger partial charge in [-0.05, 0) is 36.1 Å². The molecular weight excluding hydrogens is 308 g/mol. The summed E-state index contributed by atoms with van der Waals surface area (Å²) in [7, 11) is 0. The van der Waals surface area contributed by atoms with Crippen molar-refractivity contribution < 1.29 is 24.5 Å². The predicted molar refractivity (Wildman–Crippen MR) is 90.2 cm³/mol. The lowest BCUT2D eigenvalue weighted by Crippen LogP contribution is -2.05. The zero-order chi connectivity index (χ0) is 17.4. The van der Waals surface area contributed by atoms with Gasteiger partial charge in [-0.15, -0.1) is 0 Å². The van der Waals surface area contributed by atoms with Crippen LogP contribution < -0.4 is 4.74 Å². The van der Waals surface area contributed by atoms with Gasteiger partial charge >= 0.3 is 11.9 Å². The molecule has 0 heterocycles. The number of ether oxygens (including phenoxy) is 1. The van der Waals surface area contributed by atoms with Crippen molar-refractivity contribution in [3.63, 3.8) is 0 Å². The average Bonchev–Trinajstić information content (AvgIpc) is 2.56. The van der Waals surface area contributed by atoms with E-state index in [9.17, 15) is 9.59 Å². The van der Waals surface area contributed by atoms with E-state index in [1.54, 1.807) is 0 Å². The molecule has 0 radical (unpaired) electrons. The standard InChI is InChI=1S/C19H20O5/c20-18(21)8-4-5-14-9-10-17(24-12-11-19(22)23)16(13-14)15-6-2-1-3-7-15/h1-3,6-7,9-10,13H,4-5,8,11-12H2,(H,20,21)(H,22,23). The molecule has 24 heavy (non-hydrogen) atoms. The Kier molecular flexibility index (Phi) is 6.37. The number of rotatable bonds is 9. The lowest BCUT2D eigenvalue weighted by molar-refractivity contribution is -0.138. The molecule has 0 aliphatic rings. The zero-order valence-corrected chi connectivity index (χ0v) is 13.3. The Morgan fingerprint density at radius 1 is 0.917 bits per heavy atom. The van der Waals surface area contributed by atoms with E-state index in [1.807, 2.05) is 48.5 Å². The van der Waals surface area contributed by atoms with Gasteiger partial charge in [-0.2, -0.15) is 0 Å². The van der Waals surface area contributed by atoms with Crippen LogP contribution in [-0.2, 0) is 16.0 Å². The van der Waals surface area contributed by atoms with Crippen LogP contribution in [0.25, 0.3) is 11.1 Å². The molecule has 0 fully saturated rings. The molecular formula is C19H20O5. The summed E-state index contributed by atoms with van der Waals surface area (Å²) in [5, 5.41) is 17.5. The number of aryl methyl sites for hydroxylation is 1. The molecule has 0 aliphatic heterocycles. The number of hydrogen-bond acceptors (Lipinski definition) is 3. The zero-order valence-electron chi connectivity index (χ0n) is 13.3. The summed E-state index contributed by atoms with van der Waals surface area (Å²) in [5.41, 5.74) is 2.89. The molecule has 0 saturated carbocycles. The Morgan fingerprint density at radius 3 is 2.29 bits per heavy atom. The average molecular weight is 328 g/mol. The van der Waals surface area contributed by atoms with Crippen molar-refractivity contribution in [2.45, 2.75) is 25.7 Å². The van der Waals surface area contributed by atoms with Crippen molar-refractivity contribution >= 4 is 11.9 Å². The highest BCUT2D eigenvalue weighted by molar-refractivity contribution is 5.71. The van der Waals surface area contributed by atoms with Crippen molar-refractivity contribution in [1.29, 1.82) is 0 Å². The number of carboxylic acids is 2. The first-order valence-corrected chi connectivity index (χ1v) is 7.81. The summed E-state index contributed by atoms with van der Waals surface area (Å²) in [5.74, 6) is -1.07. The third kappa shape index (κ3) is 5.43. The Bertz CT molecular complexity index is 694. The second-order valence-corrected chi connectivity index (χ2v) is 5.44. The molecule has 0 amide bonds. The van der Waals surface area contributed by atoms with Crippen molar-refractivity contribution in [2.24, 2.45) is 0 Å². The van der Waals surface area contributed by atoms with Crippen LogP contribution in [0.5, 0.6) is 5.75 Å². The molecule has 126 valence electrons. The van der Waals surface area contributed by atoms with E-state index in [1.165, 1.54) is 0 Å². The summed E-state index contributed by atoms with van der Waals surface area (Å²) < 4.78 is 5.63. The summed E-state index contributed by atoms with van der Waals surface area (Å²) in [6.07, 6.45) is 1.32. The molecule has 2 aromatic rings.